The van der Waals surface area contributed by atoms with Crippen LogP contribution >= 0.6 is 0 Å². The minimum absolute atomic E-state index is 0.307. The lowest BCUT2D eigenvalue weighted by Gasteiger charge is -2.34. The van der Waals surface area contributed by atoms with Crippen molar-refractivity contribution in [1.82, 2.24) is 19.4 Å². The van der Waals surface area contributed by atoms with Crippen LogP contribution in [0.4, 0.5) is 0 Å². The van der Waals surface area contributed by atoms with Gasteiger partial charge in [0.2, 0.25) is 0 Å². The van der Waals surface area contributed by atoms with E-state index in [0.29, 0.717) is 17.2 Å². The summed E-state index contributed by atoms with van der Waals surface area (Å²) >= 11 is 0. The maximum Gasteiger partial charge on any atom is 0.259 e. The highest BCUT2D eigenvalue weighted by Gasteiger charge is 2.37. The lowest BCUT2D eigenvalue weighted by molar-refractivity contribution is -0.122. The number of likely N-dealkylation sites (tertiary alicyclic amines) is 1. The van der Waals surface area contributed by atoms with Crippen molar-refractivity contribution in [2.24, 2.45) is 12.0 Å². The Kier molecular flexibility index (Phi) is 5.96. The zero-order chi connectivity index (χ0) is 26.5. The van der Waals surface area contributed by atoms with Gasteiger partial charge in [-0.1, -0.05) is 36.4 Å². The van der Waals surface area contributed by atoms with Gasteiger partial charge < -0.3 is 9.13 Å². The number of aromatic nitrogens is 2. The summed E-state index contributed by atoms with van der Waals surface area (Å²) in [6.07, 6.45) is 19.0. The average molecular weight is 520 g/mol. The van der Waals surface area contributed by atoms with Crippen LogP contribution in [0.5, 0.6) is 0 Å². The zero-order valence-corrected chi connectivity index (χ0v) is 22.3. The molecule has 1 aliphatic carbocycles. The van der Waals surface area contributed by atoms with Gasteiger partial charge in [-0.05, 0) is 44.6 Å². The number of aliphatic imine (C=N–C) groups is 1. The molecule has 0 saturated carbocycles. The Labute approximate surface area is 228 Å². The zero-order valence-electron chi connectivity index (χ0n) is 22.3. The molecule has 39 heavy (non-hydrogen) atoms. The van der Waals surface area contributed by atoms with Crippen LogP contribution < -0.4 is 5.32 Å². The molecule has 1 N–H and O–H groups in total. The Bertz CT molecular complexity index is 1620. The third kappa shape index (κ3) is 4.12. The highest BCUT2D eigenvalue weighted by molar-refractivity contribution is 6.50. The van der Waals surface area contributed by atoms with Crippen molar-refractivity contribution < 1.29 is 9.59 Å². The molecule has 0 bridgehead atoms. The van der Waals surface area contributed by atoms with Crippen molar-refractivity contribution in [2.45, 2.75) is 44.6 Å². The largest absolute Gasteiger partial charge is 0.350 e. The summed E-state index contributed by atoms with van der Waals surface area (Å²) < 4.78 is 4.45. The van der Waals surface area contributed by atoms with E-state index in [2.05, 4.69) is 44.2 Å². The van der Waals surface area contributed by atoms with Gasteiger partial charge in [0.1, 0.15) is 0 Å². The molecule has 0 radical (unpaired) electrons. The summed E-state index contributed by atoms with van der Waals surface area (Å²) in [4.78, 5) is 33.7. The van der Waals surface area contributed by atoms with Crippen molar-refractivity contribution in [3.05, 3.63) is 76.9 Å². The Hall–Kier alpha value is -3.97. The fourth-order valence-electron chi connectivity index (χ4n) is 6.74. The van der Waals surface area contributed by atoms with E-state index in [-0.39, 0.29) is 11.8 Å². The maximum atomic E-state index is 13.4. The van der Waals surface area contributed by atoms with E-state index in [4.69, 9.17) is 0 Å². The first kappa shape index (κ1) is 24.1. The van der Waals surface area contributed by atoms with Crippen molar-refractivity contribution in [1.29, 1.82) is 0 Å². The predicted octanol–water partition coefficient (Wildman–Crippen LogP) is 4.89. The molecule has 0 unspecified atom stereocenters. The van der Waals surface area contributed by atoms with Gasteiger partial charge >= 0.3 is 0 Å². The third-order valence-electron chi connectivity index (χ3n) is 8.65. The number of aryl methyl sites for hydroxylation is 1. The molecule has 7 nitrogen and oxygen atoms in total. The number of para-hydroxylation sites is 1. The molecule has 198 valence electrons. The molecule has 7 rings (SSSR count). The molecule has 1 saturated heterocycles. The number of nitrogens with one attached hydrogen (secondary N) is 1. The first-order valence-corrected chi connectivity index (χ1v) is 14.1. The SMILES string of the molecule is Cn1cc(C2=C(c3cn(C4CCN(CC5=CCCC=N5)CC4)c4c3C=CCC4)C(=O)NC2=O)c2ccccc21. The number of nitrogens with zero attached hydrogens (tertiary/aromatic N) is 4. The van der Waals surface area contributed by atoms with Gasteiger partial charge in [0.25, 0.3) is 11.8 Å². The Morgan fingerprint density at radius 1 is 0.974 bits per heavy atom. The van der Waals surface area contributed by atoms with E-state index in [9.17, 15) is 9.59 Å². The number of carbonyl (C=O) groups excluding carboxylic acids is 2. The smallest absolute Gasteiger partial charge is 0.259 e. The molecule has 0 atom stereocenters. The molecule has 2 amide bonds. The van der Waals surface area contributed by atoms with Crippen LogP contribution in [0.2, 0.25) is 0 Å². The molecule has 1 aromatic carbocycles. The van der Waals surface area contributed by atoms with Gasteiger partial charge in [0, 0.05) is 90.3 Å². The normalized spacial score (nSPS) is 20.2. The minimum Gasteiger partial charge on any atom is -0.350 e. The first-order chi connectivity index (χ1) is 19.1. The molecule has 5 heterocycles. The number of allylic oxidation sites excluding steroid dienone is 2. The summed E-state index contributed by atoms with van der Waals surface area (Å²) in [7, 11) is 1.98. The third-order valence-corrected chi connectivity index (χ3v) is 8.65. The van der Waals surface area contributed by atoms with E-state index >= 15 is 0 Å². The molecular formula is C32H33N5O2. The summed E-state index contributed by atoms with van der Waals surface area (Å²) in [6, 6.07) is 8.41. The van der Waals surface area contributed by atoms with Gasteiger partial charge in [-0.15, -0.1) is 0 Å². The van der Waals surface area contributed by atoms with Crippen molar-refractivity contribution >= 4 is 46.2 Å². The van der Waals surface area contributed by atoms with Crippen molar-refractivity contribution in [3.63, 3.8) is 0 Å². The van der Waals surface area contributed by atoms with Gasteiger partial charge in [-0.2, -0.15) is 0 Å². The number of rotatable bonds is 5. The van der Waals surface area contributed by atoms with Gasteiger partial charge in [-0.25, -0.2) is 0 Å². The van der Waals surface area contributed by atoms with E-state index in [1.807, 2.05) is 48.3 Å². The van der Waals surface area contributed by atoms with E-state index in [0.717, 1.165) is 85.8 Å². The standard InChI is InChI=1S/C32H33N5O2/c1-35-19-25(23-9-2-4-11-27(23)35)29-30(32(39)34-31(29)38)26-20-37(28-12-5-3-10-24(26)28)22-13-16-36(17-14-22)18-21-8-6-7-15-33-21/h2-4,8-11,15,19-20,22H,5-7,12-14,16-18H2,1H3,(H,34,38,39). The quantitative estimate of drug-likeness (QED) is 0.488. The second-order valence-electron chi connectivity index (χ2n) is 11.0. The number of hydrogen-bond donors (Lipinski definition) is 1. The van der Waals surface area contributed by atoms with Crippen LogP contribution in [0, 0.1) is 0 Å². The molecule has 0 spiro atoms. The Balaban J connectivity index is 1.26. The fraction of sp³-hybridized carbons (Fsp3) is 0.344. The molecule has 4 aliphatic rings. The Morgan fingerprint density at radius 2 is 1.77 bits per heavy atom. The monoisotopic (exact) mass is 519 g/mol. The van der Waals surface area contributed by atoms with Crippen LogP contribution in [-0.2, 0) is 23.1 Å². The lowest BCUT2D eigenvalue weighted by Crippen LogP contribution is -2.36. The number of hydrogen-bond acceptors (Lipinski definition) is 4. The molecule has 3 aromatic rings. The lowest BCUT2D eigenvalue weighted by atomic mass is 9.92. The van der Waals surface area contributed by atoms with Gasteiger partial charge in [0.05, 0.1) is 11.1 Å². The van der Waals surface area contributed by atoms with Gasteiger partial charge in [-0.3, -0.25) is 24.8 Å². The summed E-state index contributed by atoms with van der Waals surface area (Å²) in [6.45, 7) is 2.97. The number of imide groups is 1. The predicted molar refractivity (Wildman–Crippen MR) is 155 cm³/mol. The number of benzene rings is 1. The molecule has 3 aliphatic heterocycles. The second kappa shape index (κ2) is 9.65. The van der Waals surface area contributed by atoms with Gasteiger partial charge in [0.15, 0.2) is 0 Å². The van der Waals surface area contributed by atoms with E-state index in [1.54, 1.807) is 0 Å². The maximum absolute atomic E-state index is 13.4. The fourth-order valence-corrected chi connectivity index (χ4v) is 6.74. The highest BCUT2D eigenvalue weighted by atomic mass is 16.2. The number of carbonyl (C=O) groups is 2. The first-order valence-electron chi connectivity index (χ1n) is 14.1. The summed E-state index contributed by atoms with van der Waals surface area (Å²) in [5.41, 5.74) is 7.24. The van der Waals surface area contributed by atoms with Crippen LogP contribution in [0.3, 0.4) is 0 Å². The topological polar surface area (TPSA) is 71.6 Å². The van der Waals surface area contributed by atoms with Crippen molar-refractivity contribution in [2.75, 3.05) is 19.6 Å². The molecule has 2 aromatic heterocycles. The van der Waals surface area contributed by atoms with Crippen molar-refractivity contribution in [3.8, 4) is 0 Å². The molecular weight excluding hydrogens is 486 g/mol. The summed E-state index contributed by atoms with van der Waals surface area (Å²) in [5, 5.41) is 3.59. The van der Waals surface area contributed by atoms with Crippen LogP contribution in [0.15, 0.2) is 59.5 Å². The molecule has 1 fully saturated rings. The van der Waals surface area contributed by atoms with Crippen LogP contribution in [0.25, 0.3) is 28.1 Å². The van der Waals surface area contributed by atoms with Crippen LogP contribution in [0.1, 0.15) is 60.5 Å². The number of piperidine rings is 1. The number of fused-ring (bicyclic) bond motifs is 2. The minimum atomic E-state index is -0.319. The Morgan fingerprint density at radius 3 is 2.56 bits per heavy atom. The average Bonchev–Trinajstić information content (AvgIpc) is 3.60. The number of amides is 2. The highest BCUT2D eigenvalue weighted by Crippen LogP contribution is 2.41. The van der Waals surface area contributed by atoms with Crippen LogP contribution in [-0.4, -0.2) is 51.7 Å². The van der Waals surface area contributed by atoms with E-state index < -0.39 is 0 Å². The summed E-state index contributed by atoms with van der Waals surface area (Å²) in [5.74, 6) is -0.626. The molecule has 7 heteroatoms. The van der Waals surface area contributed by atoms with E-state index in [1.165, 1.54) is 11.4 Å². The second-order valence-corrected chi connectivity index (χ2v) is 11.0.